The van der Waals surface area contributed by atoms with E-state index in [0.717, 1.165) is 22.0 Å². The lowest BCUT2D eigenvalue weighted by Gasteiger charge is -2.31. The van der Waals surface area contributed by atoms with Crippen LogP contribution in [0.15, 0.2) is 45.6 Å². The molecule has 148 valence electrons. The summed E-state index contributed by atoms with van der Waals surface area (Å²) in [7, 11) is 0. The molecule has 0 radical (unpaired) electrons. The first-order chi connectivity index (χ1) is 13.9. The summed E-state index contributed by atoms with van der Waals surface area (Å²) in [5.41, 5.74) is 3.03. The molecule has 4 N–H and O–H groups in total. The van der Waals surface area contributed by atoms with Gasteiger partial charge in [0.2, 0.25) is 5.91 Å². The maximum absolute atomic E-state index is 14.1. The van der Waals surface area contributed by atoms with Gasteiger partial charge in [-0.15, -0.1) is 0 Å². The number of rotatable bonds is 2. The van der Waals surface area contributed by atoms with E-state index in [-0.39, 0.29) is 17.8 Å². The third-order valence-corrected chi connectivity index (χ3v) is 6.52. The molecule has 3 heterocycles. The zero-order valence-electron chi connectivity index (χ0n) is 14.7. The van der Waals surface area contributed by atoms with Crippen LogP contribution in [-0.2, 0) is 4.79 Å². The number of hydrogen-bond donors (Lipinski definition) is 4. The van der Waals surface area contributed by atoms with Crippen LogP contribution in [0.4, 0.5) is 8.78 Å². The van der Waals surface area contributed by atoms with Crippen LogP contribution in [0.2, 0.25) is 0 Å². The van der Waals surface area contributed by atoms with Gasteiger partial charge in [-0.25, -0.2) is 8.78 Å². The first kappa shape index (κ1) is 18.8. The predicted molar refractivity (Wildman–Crippen MR) is 114 cm³/mol. The van der Waals surface area contributed by atoms with E-state index in [0.29, 0.717) is 26.4 Å². The van der Waals surface area contributed by atoms with Gasteiger partial charge in [0.1, 0.15) is 17.7 Å². The molecule has 0 aliphatic carbocycles. The summed E-state index contributed by atoms with van der Waals surface area (Å²) >= 11 is 6.37. The van der Waals surface area contributed by atoms with Crippen molar-refractivity contribution in [2.24, 2.45) is 0 Å². The molecule has 4 aromatic rings. The molecular weight excluding hydrogens is 510 g/mol. The van der Waals surface area contributed by atoms with Crippen LogP contribution in [0.5, 0.6) is 0 Å². The lowest BCUT2D eigenvalue weighted by atomic mass is 9.97. The molecule has 5 rings (SSSR count). The number of carbonyl (C=O) groups excluding carboxylic acids is 1. The van der Waals surface area contributed by atoms with Crippen molar-refractivity contribution in [1.82, 2.24) is 20.6 Å². The largest absolute Gasteiger partial charge is 0.361 e. The summed E-state index contributed by atoms with van der Waals surface area (Å²) in [5, 5.41) is 7.62. The summed E-state index contributed by atoms with van der Waals surface area (Å²) in [4.78, 5) is 18.8. The maximum Gasteiger partial charge on any atom is 0.241 e. The van der Waals surface area contributed by atoms with Crippen molar-refractivity contribution >= 4 is 59.6 Å². The number of halogens is 4. The van der Waals surface area contributed by atoms with Gasteiger partial charge in [0.15, 0.2) is 0 Å². The summed E-state index contributed by atoms with van der Waals surface area (Å²) in [6, 6.07) is 5.30. The average Bonchev–Trinajstić information content (AvgIpc) is 3.27. The Morgan fingerprint density at radius 1 is 0.862 bits per heavy atom. The highest BCUT2D eigenvalue weighted by Crippen LogP contribution is 2.34. The Morgan fingerprint density at radius 3 is 2.03 bits per heavy atom. The molecule has 1 saturated heterocycles. The number of fused-ring (bicyclic) bond motifs is 2. The number of amides is 1. The Hall–Kier alpha value is -2.23. The molecule has 0 saturated carbocycles. The van der Waals surface area contributed by atoms with Crippen molar-refractivity contribution in [2.75, 3.05) is 6.54 Å². The summed E-state index contributed by atoms with van der Waals surface area (Å²) in [5.74, 6) is -0.949. The zero-order chi connectivity index (χ0) is 20.3. The van der Waals surface area contributed by atoms with Gasteiger partial charge in [-0.2, -0.15) is 0 Å². The fraction of sp³-hybridized carbons (Fsp3) is 0.150. The second-order valence-electron chi connectivity index (χ2n) is 7.01. The molecule has 2 aromatic heterocycles. The molecule has 5 nitrogen and oxygen atoms in total. The second kappa shape index (κ2) is 6.93. The van der Waals surface area contributed by atoms with E-state index in [1.807, 2.05) is 6.20 Å². The van der Waals surface area contributed by atoms with Gasteiger partial charge >= 0.3 is 0 Å². The van der Waals surface area contributed by atoms with Crippen LogP contribution in [0.1, 0.15) is 23.2 Å². The van der Waals surface area contributed by atoms with Gasteiger partial charge in [-0.3, -0.25) is 10.1 Å². The molecule has 1 aliphatic heterocycles. The molecule has 2 aromatic carbocycles. The molecule has 2 atom stereocenters. The molecule has 2 unspecified atom stereocenters. The minimum atomic E-state index is -0.673. The quantitative estimate of drug-likeness (QED) is 0.300. The Morgan fingerprint density at radius 2 is 1.41 bits per heavy atom. The van der Waals surface area contributed by atoms with E-state index in [2.05, 4.69) is 52.5 Å². The monoisotopic (exact) mass is 522 g/mol. The first-order valence-corrected chi connectivity index (χ1v) is 10.5. The van der Waals surface area contributed by atoms with Crippen LogP contribution in [0.25, 0.3) is 21.8 Å². The average molecular weight is 524 g/mol. The molecule has 0 spiro atoms. The van der Waals surface area contributed by atoms with Crippen LogP contribution in [0.3, 0.4) is 0 Å². The molecular formula is C20H14Br2F2N4O. The number of carbonyl (C=O) groups is 1. The standard InChI is InChI=1S/C20H14Br2F2N4O/c21-12-3-16-8(1-14(12)23)10(5-25-16)18-7-27-20(29)19(28-18)11-6-26-17-4-13(22)15(24)2-9(11)17/h1-6,18-19,25-26,28H,7H2,(H,27,29). The number of benzene rings is 2. The van der Waals surface area contributed by atoms with Gasteiger partial charge in [0.05, 0.1) is 15.0 Å². The third kappa shape index (κ3) is 3.08. The van der Waals surface area contributed by atoms with Crippen LogP contribution in [-0.4, -0.2) is 22.4 Å². The van der Waals surface area contributed by atoms with E-state index < -0.39 is 11.9 Å². The normalized spacial score (nSPS) is 19.8. The summed E-state index contributed by atoms with van der Waals surface area (Å²) in [6.07, 6.45) is 3.52. The number of aromatic amines is 2. The molecule has 9 heteroatoms. The van der Waals surface area contributed by atoms with Crippen LogP contribution >= 0.6 is 31.9 Å². The van der Waals surface area contributed by atoms with Crippen molar-refractivity contribution in [3.05, 3.63) is 68.4 Å². The summed E-state index contributed by atoms with van der Waals surface area (Å²) in [6.45, 7) is 0.363. The zero-order valence-corrected chi connectivity index (χ0v) is 17.9. The lowest BCUT2D eigenvalue weighted by molar-refractivity contribution is -0.125. The number of aromatic nitrogens is 2. The predicted octanol–water partition coefficient (Wildman–Crippen LogP) is 4.95. The number of piperazine rings is 1. The molecule has 1 aliphatic rings. The number of nitrogens with one attached hydrogen (secondary N) is 4. The first-order valence-electron chi connectivity index (χ1n) is 8.88. The van der Waals surface area contributed by atoms with Gasteiger partial charge in [-0.1, -0.05) is 0 Å². The Balaban J connectivity index is 1.55. The van der Waals surface area contributed by atoms with E-state index in [1.54, 1.807) is 18.3 Å². The van der Waals surface area contributed by atoms with Crippen LogP contribution in [0, 0.1) is 11.6 Å². The number of H-pyrrole nitrogens is 2. The van der Waals surface area contributed by atoms with Crippen molar-refractivity contribution < 1.29 is 13.6 Å². The fourth-order valence-electron chi connectivity index (χ4n) is 3.88. The highest BCUT2D eigenvalue weighted by Gasteiger charge is 2.32. The second-order valence-corrected chi connectivity index (χ2v) is 8.72. The molecule has 29 heavy (non-hydrogen) atoms. The van der Waals surface area contributed by atoms with Gasteiger partial charge in [0, 0.05) is 46.3 Å². The van der Waals surface area contributed by atoms with Crippen LogP contribution < -0.4 is 10.6 Å². The fourth-order valence-corrected chi connectivity index (χ4v) is 4.56. The minimum absolute atomic E-state index is 0.195. The molecule has 1 fully saturated rings. The van der Waals surface area contributed by atoms with E-state index in [4.69, 9.17) is 0 Å². The summed E-state index contributed by atoms with van der Waals surface area (Å²) < 4.78 is 28.9. The lowest BCUT2D eigenvalue weighted by Crippen LogP contribution is -2.49. The van der Waals surface area contributed by atoms with E-state index >= 15 is 0 Å². The highest BCUT2D eigenvalue weighted by atomic mass is 79.9. The maximum atomic E-state index is 14.1. The topological polar surface area (TPSA) is 72.7 Å². The van der Waals surface area contributed by atoms with Gasteiger partial charge < -0.3 is 15.3 Å². The Kier molecular flexibility index (Phi) is 4.49. The van der Waals surface area contributed by atoms with E-state index in [9.17, 15) is 13.6 Å². The Labute approximate surface area is 180 Å². The minimum Gasteiger partial charge on any atom is -0.361 e. The van der Waals surface area contributed by atoms with Crippen molar-refractivity contribution in [1.29, 1.82) is 0 Å². The number of hydrogen-bond acceptors (Lipinski definition) is 2. The third-order valence-electron chi connectivity index (χ3n) is 5.31. The van der Waals surface area contributed by atoms with Crippen molar-refractivity contribution in [2.45, 2.75) is 12.1 Å². The Bertz CT molecular complexity index is 1280. The molecule has 0 bridgehead atoms. The SMILES string of the molecule is O=C1NCC(c2c[nH]c3cc(Br)c(F)cc23)NC1c1c[nH]c2cc(Br)c(F)cc12. The van der Waals surface area contributed by atoms with Gasteiger partial charge in [0.25, 0.3) is 0 Å². The molecule has 1 amide bonds. The smallest absolute Gasteiger partial charge is 0.241 e. The van der Waals surface area contributed by atoms with Gasteiger partial charge in [-0.05, 0) is 61.7 Å². The van der Waals surface area contributed by atoms with Crippen molar-refractivity contribution in [3.8, 4) is 0 Å². The van der Waals surface area contributed by atoms with Crippen molar-refractivity contribution in [3.63, 3.8) is 0 Å². The van der Waals surface area contributed by atoms with E-state index in [1.165, 1.54) is 12.1 Å². The highest BCUT2D eigenvalue weighted by molar-refractivity contribution is 9.10.